The lowest BCUT2D eigenvalue weighted by molar-refractivity contribution is -0.114. The van der Waals surface area contributed by atoms with Gasteiger partial charge in [0, 0.05) is 6.92 Å². The molecule has 0 fully saturated rings. The van der Waals surface area contributed by atoms with Crippen molar-refractivity contribution in [3.63, 3.8) is 0 Å². The Balaban J connectivity index is 1.96. The van der Waals surface area contributed by atoms with E-state index in [9.17, 15) is 4.79 Å². The maximum atomic E-state index is 11.2. The second-order valence-corrected chi connectivity index (χ2v) is 5.74. The van der Waals surface area contributed by atoms with Gasteiger partial charge in [0.2, 0.25) is 5.91 Å². The zero-order chi connectivity index (χ0) is 16.8. The average molecular weight is 354 g/mol. The van der Waals surface area contributed by atoms with Gasteiger partial charge >= 0.3 is 0 Å². The van der Waals surface area contributed by atoms with Crippen molar-refractivity contribution >= 4 is 34.8 Å². The second-order valence-electron chi connectivity index (χ2n) is 4.93. The molecule has 0 aliphatic carbocycles. The fraction of sp³-hybridized carbons (Fsp3) is 0.235. The molecule has 0 saturated heterocycles. The van der Waals surface area contributed by atoms with E-state index >= 15 is 0 Å². The Labute approximate surface area is 145 Å². The van der Waals surface area contributed by atoms with Crippen LogP contribution in [-0.2, 0) is 4.79 Å². The third-order valence-corrected chi connectivity index (χ3v) is 3.55. The van der Waals surface area contributed by atoms with Crippen LogP contribution in [0, 0.1) is 6.92 Å². The lowest BCUT2D eigenvalue weighted by atomic mass is 10.2. The van der Waals surface area contributed by atoms with Crippen LogP contribution in [-0.4, -0.2) is 19.1 Å². The number of aryl methyl sites for hydroxylation is 1. The summed E-state index contributed by atoms with van der Waals surface area (Å²) in [7, 11) is 0. The first-order chi connectivity index (χ1) is 11.0. The van der Waals surface area contributed by atoms with Crippen LogP contribution in [0.5, 0.6) is 11.5 Å². The second kappa shape index (κ2) is 8.09. The molecular weight excluding hydrogens is 337 g/mol. The van der Waals surface area contributed by atoms with Gasteiger partial charge in [0.25, 0.3) is 0 Å². The molecule has 0 radical (unpaired) electrons. The molecule has 23 heavy (non-hydrogen) atoms. The summed E-state index contributed by atoms with van der Waals surface area (Å²) in [5.41, 5.74) is 1.66. The van der Waals surface area contributed by atoms with Gasteiger partial charge in [0.05, 0.1) is 15.7 Å². The summed E-state index contributed by atoms with van der Waals surface area (Å²) in [6, 6.07) is 10.7. The van der Waals surface area contributed by atoms with E-state index in [-0.39, 0.29) is 19.1 Å². The number of para-hydroxylation sites is 1. The Hall–Kier alpha value is -1.91. The molecule has 0 bridgehead atoms. The summed E-state index contributed by atoms with van der Waals surface area (Å²) >= 11 is 12.1. The Morgan fingerprint density at radius 3 is 2.39 bits per heavy atom. The van der Waals surface area contributed by atoms with E-state index < -0.39 is 0 Å². The lowest BCUT2D eigenvalue weighted by Gasteiger charge is -2.14. The van der Waals surface area contributed by atoms with E-state index in [2.05, 4.69) is 5.32 Å². The molecular formula is C17H17Cl2NO3. The smallest absolute Gasteiger partial charge is 0.221 e. The van der Waals surface area contributed by atoms with Crippen molar-refractivity contribution in [1.29, 1.82) is 0 Å². The number of rotatable bonds is 6. The van der Waals surface area contributed by atoms with Gasteiger partial charge in [-0.05, 0) is 36.8 Å². The third-order valence-electron chi connectivity index (χ3n) is 2.95. The summed E-state index contributed by atoms with van der Waals surface area (Å²) in [5, 5.41) is 3.63. The summed E-state index contributed by atoms with van der Waals surface area (Å²) in [5.74, 6) is 0.873. The summed E-state index contributed by atoms with van der Waals surface area (Å²) in [6.07, 6.45) is 0. The minimum absolute atomic E-state index is 0.155. The molecule has 2 aromatic carbocycles. The molecule has 0 heterocycles. The highest BCUT2D eigenvalue weighted by molar-refractivity contribution is 6.37. The number of hydrogen-bond donors (Lipinski definition) is 1. The van der Waals surface area contributed by atoms with Crippen molar-refractivity contribution in [1.82, 2.24) is 0 Å². The number of benzene rings is 2. The summed E-state index contributed by atoms with van der Waals surface area (Å²) in [4.78, 5) is 11.2. The summed E-state index contributed by atoms with van der Waals surface area (Å²) < 4.78 is 11.3. The van der Waals surface area contributed by atoms with Crippen molar-refractivity contribution < 1.29 is 14.3 Å². The lowest BCUT2D eigenvalue weighted by Crippen LogP contribution is -2.12. The molecule has 6 heteroatoms. The molecule has 0 spiro atoms. The molecule has 2 aromatic rings. The van der Waals surface area contributed by atoms with Crippen LogP contribution in [0.4, 0.5) is 5.69 Å². The average Bonchev–Trinajstić information content (AvgIpc) is 2.48. The molecule has 1 N–H and O–H groups in total. The highest BCUT2D eigenvalue weighted by Gasteiger charge is 2.08. The van der Waals surface area contributed by atoms with Crippen LogP contribution >= 0.6 is 23.2 Å². The monoisotopic (exact) mass is 353 g/mol. The zero-order valence-electron chi connectivity index (χ0n) is 12.9. The van der Waals surface area contributed by atoms with Gasteiger partial charge in [-0.15, -0.1) is 0 Å². The van der Waals surface area contributed by atoms with Crippen LogP contribution in [0.25, 0.3) is 0 Å². The van der Waals surface area contributed by atoms with Crippen molar-refractivity contribution in [3.8, 4) is 11.5 Å². The molecule has 0 saturated carbocycles. The molecule has 0 aliphatic rings. The molecule has 0 atom stereocenters. The van der Waals surface area contributed by atoms with Crippen LogP contribution in [0.15, 0.2) is 36.4 Å². The van der Waals surface area contributed by atoms with Crippen LogP contribution in [0.2, 0.25) is 10.0 Å². The Kier molecular flexibility index (Phi) is 6.13. The van der Waals surface area contributed by atoms with Gasteiger partial charge < -0.3 is 14.8 Å². The number of anilines is 1. The van der Waals surface area contributed by atoms with Gasteiger partial charge in [-0.3, -0.25) is 4.79 Å². The third kappa shape index (κ3) is 5.05. The SMILES string of the molecule is CC(=O)Nc1ccc(C)cc1OCCOc1c(Cl)cccc1Cl. The number of ether oxygens (including phenoxy) is 2. The molecule has 0 aliphatic heterocycles. The van der Waals surface area contributed by atoms with E-state index in [1.54, 1.807) is 24.3 Å². The number of halogens is 2. The maximum Gasteiger partial charge on any atom is 0.221 e. The van der Waals surface area contributed by atoms with Crippen molar-refractivity contribution in [2.24, 2.45) is 0 Å². The topological polar surface area (TPSA) is 47.6 Å². The van der Waals surface area contributed by atoms with E-state index in [4.69, 9.17) is 32.7 Å². The standard InChI is InChI=1S/C17H17Cl2NO3/c1-11-6-7-15(20-12(2)21)16(10-11)22-8-9-23-17-13(18)4-3-5-14(17)19/h3-7,10H,8-9H2,1-2H3,(H,20,21). The molecule has 0 unspecified atom stereocenters. The zero-order valence-corrected chi connectivity index (χ0v) is 14.4. The fourth-order valence-corrected chi connectivity index (χ4v) is 2.46. The quantitative estimate of drug-likeness (QED) is 0.764. The van der Waals surface area contributed by atoms with Gasteiger partial charge in [-0.1, -0.05) is 35.3 Å². The fourth-order valence-electron chi connectivity index (χ4n) is 1.96. The molecule has 0 aromatic heterocycles. The van der Waals surface area contributed by atoms with E-state index in [1.165, 1.54) is 6.92 Å². The maximum absolute atomic E-state index is 11.2. The van der Waals surface area contributed by atoms with Gasteiger partial charge in [0.15, 0.2) is 5.75 Å². The highest BCUT2D eigenvalue weighted by atomic mass is 35.5. The predicted octanol–water partition coefficient (Wildman–Crippen LogP) is 4.72. The van der Waals surface area contributed by atoms with Crippen molar-refractivity contribution in [2.45, 2.75) is 13.8 Å². The minimum atomic E-state index is -0.155. The van der Waals surface area contributed by atoms with E-state index in [0.717, 1.165) is 5.56 Å². The largest absolute Gasteiger partial charge is 0.488 e. The Bertz CT molecular complexity index is 684. The predicted molar refractivity (Wildman–Crippen MR) is 92.9 cm³/mol. The molecule has 4 nitrogen and oxygen atoms in total. The molecule has 1 amide bonds. The van der Waals surface area contributed by atoms with Crippen molar-refractivity contribution in [2.75, 3.05) is 18.5 Å². The normalized spacial score (nSPS) is 10.3. The number of amides is 1. The Morgan fingerprint density at radius 2 is 1.74 bits per heavy atom. The van der Waals surface area contributed by atoms with Crippen molar-refractivity contribution in [3.05, 3.63) is 52.0 Å². The van der Waals surface area contributed by atoms with E-state index in [1.807, 2.05) is 19.1 Å². The first-order valence-electron chi connectivity index (χ1n) is 7.05. The first-order valence-corrected chi connectivity index (χ1v) is 7.81. The first kappa shape index (κ1) is 17.4. The van der Waals surface area contributed by atoms with Gasteiger partial charge in [-0.25, -0.2) is 0 Å². The van der Waals surface area contributed by atoms with Crippen LogP contribution < -0.4 is 14.8 Å². The minimum Gasteiger partial charge on any atom is -0.488 e. The number of carbonyl (C=O) groups excluding carboxylic acids is 1. The Morgan fingerprint density at radius 1 is 1.09 bits per heavy atom. The van der Waals surface area contributed by atoms with Crippen LogP contribution in [0.3, 0.4) is 0 Å². The van der Waals surface area contributed by atoms with Gasteiger partial charge in [-0.2, -0.15) is 0 Å². The number of carbonyl (C=O) groups is 1. The number of nitrogens with one attached hydrogen (secondary N) is 1. The van der Waals surface area contributed by atoms with Crippen LogP contribution in [0.1, 0.15) is 12.5 Å². The van der Waals surface area contributed by atoms with E-state index in [0.29, 0.717) is 27.2 Å². The highest BCUT2D eigenvalue weighted by Crippen LogP contribution is 2.32. The number of hydrogen-bond acceptors (Lipinski definition) is 3. The molecule has 122 valence electrons. The molecule has 2 rings (SSSR count). The van der Waals surface area contributed by atoms with Gasteiger partial charge in [0.1, 0.15) is 19.0 Å². The summed E-state index contributed by atoms with van der Waals surface area (Å²) in [6.45, 7) is 3.96.